The Labute approximate surface area is 91.4 Å². The first-order valence-corrected chi connectivity index (χ1v) is 4.67. The van der Waals surface area contributed by atoms with Crippen LogP contribution in [0.15, 0.2) is 24.3 Å². The van der Waals surface area contributed by atoms with Crippen LogP contribution in [0, 0.1) is 0 Å². The van der Waals surface area contributed by atoms with Crippen molar-refractivity contribution in [3.8, 4) is 0 Å². The summed E-state index contributed by atoms with van der Waals surface area (Å²) in [6, 6.07) is 5.13. The van der Waals surface area contributed by atoms with E-state index in [1.165, 1.54) is 19.2 Å². The van der Waals surface area contributed by atoms with E-state index in [1.54, 1.807) is 12.1 Å². The van der Waals surface area contributed by atoms with Gasteiger partial charge in [-0.15, -0.1) is 0 Å². The van der Waals surface area contributed by atoms with E-state index in [2.05, 4.69) is 10.1 Å². The molecule has 1 heterocycles. The van der Waals surface area contributed by atoms with Gasteiger partial charge in [-0.25, -0.2) is 4.79 Å². The largest absolute Gasteiger partial charge is 0.467 e. The maximum Gasteiger partial charge on any atom is 0.336 e. The predicted molar refractivity (Wildman–Crippen MR) is 54.0 cm³/mol. The maximum atomic E-state index is 11.8. The van der Waals surface area contributed by atoms with Crippen LogP contribution in [-0.2, 0) is 9.53 Å². The molecule has 1 aromatic rings. The molecule has 0 aromatic heterocycles. The van der Waals surface area contributed by atoms with Crippen molar-refractivity contribution in [3.05, 3.63) is 35.4 Å². The molecule has 1 aliphatic heterocycles. The first kappa shape index (κ1) is 10.4. The van der Waals surface area contributed by atoms with Crippen molar-refractivity contribution in [1.82, 2.24) is 5.32 Å². The number of carbonyl (C=O) groups is 3. The van der Waals surface area contributed by atoms with Gasteiger partial charge in [-0.1, -0.05) is 18.2 Å². The van der Waals surface area contributed by atoms with Crippen LogP contribution in [0.1, 0.15) is 20.7 Å². The highest BCUT2D eigenvalue weighted by atomic mass is 16.5. The van der Waals surface area contributed by atoms with E-state index in [-0.39, 0.29) is 11.1 Å². The SMILES string of the molecule is COC(=O)C1NC(=O)c2ccccc2C1=O. The topological polar surface area (TPSA) is 72.5 Å². The lowest BCUT2D eigenvalue weighted by atomic mass is 9.94. The van der Waals surface area contributed by atoms with Crippen LogP contribution in [0.3, 0.4) is 0 Å². The Balaban J connectivity index is 2.46. The summed E-state index contributed by atoms with van der Waals surface area (Å²) in [5.74, 6) is -1.64. The second-order valence-corrected chi connectivity index (χ2v) is 3.34. The number of ketones is 1. The molecule has 1 amide bonds. The van der Waals surface area contributed by atoms with Crippen LogP contribution in [-0.4, -0.2) is 30.8 Å². The molecule has 0 bridgehead atoms. The average molecular weight is 219 g/mol. The van der Waals surface area contributed by atoms with Crippen LogP contribution < -0.4 is 5.32 Å². The molecule has 1 atom stereocenters. The fourth-order valence-corrected chi connectivity index (χ4v) is 1.61. The van der Waals surface area contributed by atoms with E-state index in [0.29, 0.717) is 0 Å². The van der Waals surface area contributed by atoms with Gasteiger partial charge in [-0.05, 0) is 6.07 Å². The number of rotatable bonds is 1. The third kappa shape index (κ3) is 1.46. The van der Waals surface area contributed by atoms with Crippen molar-refractivity contribution in [3.63, 3.8) is 0 Å². The molecule has 82 valence electrons. The Morgan fingerprint density at radius 2 is 1.88 bits per heavy atom. The Kier molecular flexibility index (Phi) is 2.44. The molecule has 1 unspecified atom stereocenters. The third-order valence-electron chi connectivity index (χ3n) is 2.41. The van der Waals surface area contributed by atoms with E-state index in [1.807, 2.05) is 0 Å². The van der Waals surface area contributed by atoms with Gasteiger partial charge < -0.3 is 10.1 Å². The molecule has 0 fully saturated rings. The lowest BCUT2D eigenvalue weighted by Crippen LogP contribution is -2.51. The molecule has 5 heteroatoms. The minimum absolute atomic E-state index is 0.252. The highest BCUT2D eigenvalue weighted by molar-refractivity contribution is 6.22. The highest BCUT2D eigenvalue weighted by Crippen LogP contribution is 2.16. The fraction of sp³-hybridized carbons (Fsp3) is 0.182. The van der Waals surface area contributed by atoms with E-state index >= 15 is 0 Å². The number of benzene rings is 1. The number of amides is 1. The minimum Gasteiger partial charge on any atom is -0.467 e. The minimum atomic E-state index is -1.23. The standard InChI is InChI=1S/C11H9NO4/c1-16-11(15)8-9(13)6-4-2-3-5-7(6)10(14)12-8/h2-5,8H,1H3,(H,12,14). The summed E-state index contributed by atoms with van der Waals surface area (Å²) in [5, 5.41) is 2.31. The molecule has 0 radical (unpaired) electrons. The molecule has 2 rings (SSSR count). The van der Waals surface area contributed by atoms with Crippen LogP contribution >= 0.6 is 0 Å². The van der Waals surface area contributed by atoms with Gasteiger partial charge in [-0.3, -0.25) is 9.59 Å². The summed E-state index contributed by atoms with van der Waals surface area (Å²) in [6.07, 6.45) is 0. The molecule has 0 saturated carbocycles. The van der Waals surface area contributed by atoms with E-state index in [4.69, 9.17) is 0 Å². The summed E-state index contributed by atoms with van der Waals surface area (Å²) in [4.78, 5) is 34.7. The smallest absolute Gasteiger partial charge is 0.336 e. The summed E-state index contributed by atoms with van der Waals surface area (Å²) in [5.41, 5.74) is 0.536. The monoisotopic (exact) mass is 219 g/mol. The molecule has 5 nitrogen and oxygen atoms in total. The first-order valence-electron chi connectivity index (χ1n) is 4.67. The molecular weight excluding hydrogens is 210 g/mol. The number of esters is 1. The van der Waals surface area contributed by atoms with Gasteiger partial charge in [0.1, 0.15) is 0 Å². The van der Waals surface area contributed by atoms with Crippen molar-refractivity contribution >= 4 is 17.7 Å². The van der Waals surface area contributed by atoms with Crippen molar-refractivity contribution in [2.24, 2.45) is 0 Å². The fourth-order valence-electron chi connectivity index (χ4n) is 1.61. The molecule has 0 aliphatic carbocycles. The number of hydrogen-bond donors (Lipinski definition) is 1. The summed E-state index contributed by atoms with van der Waals surface area (Å²) < 4.78 is 4.45. The molecule has 0 spiro atoms. The Morgan fingerprint density at radius 3 is 2.50 bits per heavy atom. The van der Waals surface area contributed by atoms with Gasteiger partial charge in [0, 0.05) is 5.56 Å². The number of carbonyl (C=O) groups excluding carboxylic acids is 3. The quantitative estimate of drug-likeness (QED) is 0.539. The van der Waals surface area contributed by atoms with Crippen molar-refractivity contribution in [2.45, 2.75) is 6.04 Å². The van der Waals surface area contributed by atoms with Gasteiger partial charge in [0.15, 0.2) is 11.8 Å². The summed E-state index contributed by atoms with van der Waals surface area (Å²) >= 11 is 0. The van der Waals surface area contributed by atoms with Crippen molar-refractivity contribution in [1.29, 1.82) is 0 Å². The van der Waals surface area contributed by atoms with Gasteiger partial charge >= 0.3 is 5.97 Å². The maximum absolute atomic E-state index is 11.8. The lowest BCUT2D eigenvalue weighted by molar-refractivity contribution is -0.141. The van der Waals surface area contributed by atoms with Crippen molar-refractivity contribution < 1.29 is 19.1 Å². The lowest BCUT2D eigenvalue weighted by Gasteiger charge is -2.22. The number of hydrogen-bond acceptors (Lipinski definition) is 4. The Bertz CT molecular complexity index is 481. The normalized spacial score (nSPS) is 18.7. The number of Topliss-reactive ketones (excluding diaryl/α,β-unsaturated/α-hetero) is 1. The summed E-state index contributed by atoms with van der Waals surface area (Å²) in [6.45, 7) is 0. The van der Waals surface area contributed by atoms with Gasteiger partial charge in [0.2, 0.25) is 0 Å². The zero-order chi connectivity index (χ0) is 11.7. The number of methoxy groups -OCH3 is 1. The molecular formula is C11H9NO4. The number of ether oxygens (including phenoxy) is 1. The van der Waals surface area contributed by atoms with Crippen LogP contribution in [0.2, 0.25) is 0 Å². The van der Waals surface area contributed by atoms with E-state index in [0.717, 1.165) is 0 Å². The zero-order valence-electron chi connectivity index (χ0n) is 8.52. The number of nitrogens with one attached hydrogen (secondary N) is 1. The van der Waals surface area contributed by atoms with Gasteiger partial charge in [-0.2, -0.15) is 0 Å². The average Bonchev–Trinajstić information content (AvgIpc) is 2.33. The van der Waals surface area contributed by atoms with Gasteiger partial charge in [0.25, 0.3) is 5.91 Å². The molecule has 0 saturated heterocycles. The van der Waals surface area contributed by atoms with E-state index in [9.17, 15) is 14.4 Å². The Hall–Kier alpha value is -2.17. The van der Waals surface area contributed by atoms with Crippen LogP contribution in [0.25, 0.3) is 0 Å². The Morgan fingerprint density at radius 1 is 1.25 bits per heavy atom. The third-order valence-corrected chi connectivity index (χ3v) is 2.41. The van der Waals surface area contributed by atoms with Gasteiger partial charge in [0.05, 0.1) is 12.7 Å². The highest BCUT2D eigenvalue weighted by Gasteiger charge is 2.36. The molecule has 1 aromatic carbocycles. The molecule has 16 heavy (non-hydrogen) atoms. The van der Waals surface area contributed by atoms with Crippen LogP contribution in [0.5, 0.6) is 0 Å². The van der Waals surface area contributed by atoms with E-state index < -0.39 is 23.7 Å². The molecule has 1 aliphatic rings. The zero-order valence-corrected chi connectivity index (χ0v) is 8.52. The number of fused-ring (bicyclic) bond motifs is 1. The first-order chi connectivity index (χ1) is 7.65. The van der Waals surface area contributed by atoms with Crippen molar-refractivity contribution in [2.75, 3.05) is 7.11 Å². The molecule has 1 N–H and O–H groups in total. The summed E-state index contributed by atoms with van der Waals surface area (Å²) in [7, 11) is 1.17. The second-order valence-electron chi connectivity index (χ2n) is 3.34. The second kappa shape index (κ2) is 3.77. The predicted octanol–water partition coefficient (Wildman–Crippen LogP) is 0.154. The van der Waals surface area contributed by atoms with Crippen LogP contribution in [0.4, 0.5) is 0 Å².